The summed E-state index contributed by atoms with van der Waals surface area (Å²) in [6.07, 6.45) is 3.46. The Hall–Kier alpha value is -2.74. The van der Waals surface area contributed by atoms with Crippen LogP contribution in [0.4, 0.5) is 10.6 Å². The van der Waals surface area contributed by atoms with E-state index in [1.165, 1.54) is 4.88 Å². The lowest BCUT2D eigenvalue weighted by Gasteiger charge is -2.10. The minimum atomic E-state index is -0.539. The van der Waals surface area contributed by atoms with E-state index in [0.717, 1.165) is 27.2 Å². The molecule has 0 spiro atoms. The molecule has 0 saturated carbocycles. The van der Waals surface area contributed by atoms with Crippen molar-refractivity contribution in [2.24, 2.45) is 5.73 Å². The molecule has 3 heterocycles. The van der Waals surface area contributed by atoms with E-state index < -0.39 is 6.03 Å². The number of thiophene rings is 1. The van der Waals surface area contributed by atoms with Crippen molar-refractivity contribution in [3.05, 3.63) is 35.0 Å². The van der Waals surface area contributed by atoms with Crippen molar-refractivity contribution in [2.75, 3.05) is 18.4 Å². The lowest BCUT2D eigenvalue weighted by Crippen LogP contribution is -2.33. The Kier molecular flexibility index (Phi) is 4.57. The smallest absolute Gasteiger partial charge is 0.312 e. The van der Waals surface area contributed by atoms with Gasteiger partial charge < -0.3 is 16.4 Å². The van der Waals surface area contributed by atoms with Gasteiger partial charge >= 0.3 is 6.03 Å². The molecule has 7 nitrogen and oxygen atoms in total. The molecule has 124 valence electrons. The number of urea groups is 1. The molecule has 4 N–H and O–H groups in total. The highest BCUT2D eigenvalue weighted by Crippen LogP contribution is 2.34. The van der Waals surface area contributed by atoms with Crippen molar-refractivity contribution in [3.63, 3.8) is 0 Å². The summed E-state index contributed by atoms with van der Waals surface area (Å²) in [6, 6.07) is 3.25. The summed E-state index contributed by atoms with van der Waals surface area (Å²) < 4.78 is 0. The van der Waals surface area contributed by atoms with E-state index >= 15 is 0 Å². The van der Waals surface area contributed by atoms with Crippen LogP contribution in [0.5, 0.6) is 0 Å². The van der Waals surface area contributed by atoms with Crippen LogP contribution in [0.2, 0.25) is 0 Å². The standard InChI is InChI=1S/C16H18N6OS/c1-9-10(2)24-15-12(9)14(19-6-7-20-16(17)23)21-13(22-15)11-4-3-5-18-8-11/h3-5,8H,6-7H2,1-2H3,(H3,17,20,23)(H,19,21,22). The lowest BCUT2D eigenvalue weighted by molar-refractivity contribution is 0.249. The zero-order valence-corrected chi connectivity index (χ0v) is 14.3. The van der Waals surface area contributed by atoms with Crippen molar-refractivity contribution in [3.8, 4) is 11.4 Å². The van der Waals surface area contributed by atoms with E-state index in [1.807, 2.05) is 12.1 Å². The fraction of sp³-hybridized carbons (Fsp3) is 0.250. The minimum Gasteiger partial charge on any atom is -0.368 e. The van der Waals surface area contributed by atoms with Crippen molar-refractivity contribution in [2.45, 2.75) is 13.8 Å². The number of hydrogen-bond donors (Lipinski definition) is 3. The SMILES string of the molecule is Cc1sc2nc(-c3cccnc3)nc(NCCNC(N)=O)c2c1C. The monoisotopic (exact) mass is 342 g/mol. The molecule has 0 aromatic carbocycles. The largest absolute Gasteiger partial charge is 0.368 e. The highest BCUT2D eigenvalue weighted by molar-refractivity contribution is 7.18. The van der Waals surface area contributed by atoms with Gasteiger partial charge in [0, 0.05) is 35.9 Å². The van der Waals surface area contributed by atoms with E-state index in [4.69, 9.17) is 5.73 Å². The van der Waals surface area contributed by atoms with Crippen LogP contribution in [-0.2, 0) is 0 Å². The number of carbonyl (C=O) groups excluding carboxylic acids is 1. The summed E-state index contributed by atoms with van der Waals surface area (Å²) in [7, 11) is 0. The summed E-state index contributed by atoms with van der Waals surface area (Å²) in [5, 5.41) is 6.85. The first-order valence-corrected chi connectivity index (χ1v) is 8.33. The Morgan fingerprint density at radius 2 is 2.12 bits per heavy atom. The quantitative estimate of drug-likeness (QED) is 0.618. The van der Waals surface area contributed by atoms with E-state index in [0.29, 0.717) is 18.9 Å². The van der Waals surface area contributed by atoms with Gasteiger partial charge in [0.25, 0.3) is 0 Å². The molecule has 24 heavy (non-hydrogen) atoms. The summed E-state index contributed by atoms with van der Waals surface area (Å²) in [4.78, 5) is 26.4. The number of primary amides is 1. The Morgan fingerprint density at radius 1 is 1.29 bits per heavy atom. The van der Waals surface area contributed by atoms with Crippen LogP contribution in [0.1, 0.15) is 10.4 Å². The molecule has 3 aromatic heterocycles. The van der Waals surface area contributed by atoms with Crippen LogP contribution in [0.3, 0.4) is 0 Å². The normalized spacial score (nSPS) is 10.8. The predicted molar refractivity (Wildman–Crippen MR) is 96.2 cm³/mol. The summed E-state index contributed by atoms with van der Waals surface area (Å²) >= 11 is 1.64. The first-order chi connectivity index (χ1) is 11.6. The maximum atomic E-state index is 10.8. The number of amides is 2. The topological polar surface area (TPSA) is 106 Å². The molecule has 3 rings (SSSR count). The van der Waals surface area contributed by atoms with Crippen molar-refractivity contribution < 1.29 is 4.79 Å². The van der Waals surface area contributed by atoms with Gasteiger partial charge in [-0.05, 0) is 31.5 Å². The third kappa shape index (κ3) is 3.28. The molecule has 8 heteroatoms. The molecule has 0 saturated heterocycles. The molecule has 0 atom stereocenters. The molecule has 0 fully saturated rings. The van der Waals surface area contributed by atoms with Gasteiger partial charge in [0.15, 0.2) is 5.82 Å². The highest BCUT2D eigenvalue weighted by atomic mass is 32.1. The Balaban J connectivity index is 1.99. The zero-order chi connectivity index (χ0) is 17.1. The maximum Gasteiger partial charge on any atom is 0.312 e. The van der Waals surface area contributed by atoms with Gasteiger partial charge in [0.1, 0.15) is 10.6 Å². The molecule has 0 aliphatic heterocycles. The average molecular weight is 342 g/mol. The number of rotatable bonds is 5. The van der Waals surface area contributed by atoms with Crippen LogP contribution >= 0.6 is 11.3 Å². The number of nitrogens with one attached hydrogen (secondary N) is 2. The number of pyridine rings is 1. The van der Waals surface area contributed by atoms with Crippen LogP contribution in [0.25, 0.3) is 21.6 Å². The number of nitrogens with two attached hydrogens (primary N) is 1. The summed E-state index contributed by atoms with van der Waals surface area (Å²) in [6.45, 7) is 5.08. The molecule has 0 unspecified atom stereocenters. The average Bonchev–Trinajstić information content (AvgIpc) is 2.86. The Bertz CT molecular complexity index is 877. The van der Waals surface area contributed by atoms with Gasteiger partial charge in [-0.3, -0.25) is 4.98 Å². The van der Waals surface area contributed by atoms with Crippen LogP contribution in [-0.4, -0.2) is 34.1 Å². The number of anilines is 1. The van der Waals surface area contributed by atoms with Crippen molar-refractivity contribution >= 4 is 33.4 Å². The second-order valence-corrected chi connectivity index (χ2v) is 6.52. The summed E-state index contributed by atoms with van der Waals surface area (Å²) in [5.41, 5.74) is 7.11. The number of carbonyl (C=O) groups is 1. The van der Waals surface area contributed by atoms with Crippen LogP contribution in [0.15, 0.2) is 24.5 Å². The number of fused-ring (bicyclic) bond motifs is 1. The van der Waals surface area contributed by atoms with Gasteiger partial charge in [-0.25, -0.2) is 14.8 Å². The maximum absolute atomic E-state index is 10.8. The molecule has 2 amide bonds. The molecular formula is C16H18N6OS. The molecule has 0 radical (unpaired) electrons. The predicted octanol–water partition coefficient (Wildman–Crippen LogP) is 2.45. The van der Waals surface area contributed by atoms with E-state index in [1.54, 1.807) is 23.7 Å². The zero-order valence-electron chi connectivity index (χ0n) is 13.5. The summed E-state index contributed by atoms with van der Waals surface area (Å²) in [5.74, 6) is 1.38. The Labute approximate surface area is 143 Å². The second kappa shape index (κ2) is 6.79. The van der Waals surface area contributed by atoms with Gasteiger partial charge in [0.05, 0.1) is 5.39 Å². The molecule has 0 aliphatic carbocycles. The number of nitrogens with zero attached hydrogens (tertiary/aromatic N) is 3. The molecule has 0 bridgehead atoms. The fourth-order valence-electron chi connectivity index (χ4n) is 2.37. The number of hydrogen-bond acceptors (Lipinski definition) is 6. The van der Waals surface area contributed by atoms with E-state index in [2.05, 4.69) is 39.4 Å². The van der Waals surface area contributed by atoms with Gasteiger partial charge in [0.2, 0.25) is 0 Å². The van der Waals surface area contributed by atoms with E-state index in [9.17, 15) is 4.79 Å². The first-order valence-electron chi connectivity index (χ1n) is 7.51. The third-order valence-corrected chi connectivity index (χ3v) is 4.77. The second-order valence-electron chi connectivity index (χ2n) is 5.32. The lowest BCUT2D eigenvalue weighted by atomic mass is 10.2. The minimum absolute atomic E-state index is 0.422. The van der Waals surface area contributed by atoms with Crippen LogP contribution < -0.4 is 16.4 Å². The van der Waals surface area contributed by atoms with Crippen molar-refractivity contribution in [1.29, 1.82) is 0 Å². The van der Waals surface area contributed by atoms with Crippen LogP contribution in [0, 0.1) is 13.8 Å². The highest BCUT2D eigenvalue weighted by Gasteiger charge is 2.15. The molecule has 0 aliphatic rings. The fourth-order valence-corrected chi connectivity index (χ4v) is 3.40. The first kappa shape index (κ1) is 16.1. The van der Waals surface area contributed by atoms with Crippen molar-refractivity contribution in [1.82, 2.24) is 20.3 Å². The number of aromatic nitrogens is 3. The van der Waals surface area contributed by atoms with E-state index in [-0.39, 0.29) is 0 Å². The van der Waals surface area contributed by atoms with Gasteiger partial charge in [-0.2, -0.15) is 0 Å². The van der Waals surface area contributed by atoms with Gasteiger partial charge in [-0.15, -0.1) is 11.3 Å². The van der Waals surface area contributed by atoms with Gasteiger partial charge in [-0.1, -0.05) is 0 Å². The number of aryl methyl sites for hydroxylation is 2. The Morgan fingerprint density at radius 3 is 2.83 bits per heavy atom. The molecule has 3 aromatic rings. The third-order valence-electron chi connectivity index (χ3n) is 3.67. The molecular weight excluding hydrogens is 324 g/mol.